The van der Waals surface area contributed by atoms with E-state index in [1.54, 1.807) is 0 Å². The Balaban J connectivity index is 2.15. The Morgan fingerprint density at radius 3 is 3.05 bits per heavy atom. The molecular formula is C14H19BrN2OS. The van der Waals surface area contributed by atoms with Crippen molar-refractivity contribution in [2.24, 2.45) is 11.7 Å². The molecule has 2 atom stereocenters. The van der Waals surface area contributed by atoms with Crippen LogP contribution in [-0.4, -0.2) is 35.9 Å². The number of carbonyl (C=O) groups is 1. The zero-order chi connectivity index (χ0) is 13.8. The molecule has 1 heterocycles. The fraction of sp³-hybridized carbons (Fsp3) is 0.500. The van der Waals surface area contributed by atoms with Crippen LogP contribution in [-0.2, 0) is 4.79 Å². The van der Waals surface area contributed by atoms with Gasteiger partial charge in [-0.1, -0.05) is 28.1 Å². The second-order valence-electron chi connectivity index (χ2n) is 4.96. The maximum atomic E-state index is 11.8. The molecule has 0 unspecified atom stereocenters. The van der Waals surface area contributed by atoms with E-state index >= 15 is 0 Å². The van der Waals surface area contributed by atoms with E-state index < -0.39 is 0 Å². The summed E-state index contributed by atoms with van der Waals surface area (Å²) in [4.78, 5) is 14.0. The van der Waals surface area contributed by atoms with Crippen LogP contribution in [0.5, 0.6) is 0 Å². The molecule has 3 nitrogen and oxygen atoms in total. The third kappa shape index (κ3) is 3.74. The number of likely N-dealkylation sites (tertiary alicyclic amines) is 1. The molecule has 2 N–H and O–H groups in total. The number of nitrogens with two attached hydrogens (primary N) is 1. The second-order valence-corrected chi connectivity index (χ2v) is 6.79. The predicted octanol–water partition coefficient (Wildman–Crippen LogP) is 2.66. The summed E-state index contributed by atoms with van der Waals surface area (Å²) in [7, 11) is 0. The summed E-state index contributed by atoms with van der Waals surface area (Å²) in [6.45, 7) is 1.91. The standard InChI is InChI=1S/C14H19BrN2OS/c1-19-9-10-5-6-17(8-10)13(14(16)18)11-3-2-4-12(15)7-11/h2-4,7,10,13H,5-6,8-9H2,1H3,(H2,16,18)/t10-,13-/m0/s1. The van der Waals surface area contributed by atoms with Crippen molar-refractivity contribution in [2.45, 2.75) is 12.5 Å². The smallest absolute Gasteiger partial charge is 0.239 e. The fourth-order valence-electron chi connectivity index (χ4n) is 2.70. The Morgan fingerprint density at radius 1 is 1.63 bits per heavy atom. The van der Waals surface area contributed by atoms with Gasteiger partial charge in [0, 0.05) is 11.0 Å². The van der Waals surface area contributed by atoms with Crippen molar-refractivity contribution in [3.8, 4) is 0 Å². The van der Waals surface area contributed by atoms with Crippen LogP contribution in [0.15, 0.2) is 28.7 Å². The highest BCUT2D eigenvalue weighted by molar-refractivity contribution is 9.10. The molecule has 0 spiro atoms. The lowest BCUT2D eigenvalue weighted by atomic mass is 10.1. The molecule has 0 aromatic heterocycles. The highest BCUT2D eigenvalue weighted by Gasteiger charge is 2.32. The van der Waals surface area contributed by atoms with Crippen LogP contribution in [0.4, 0.5) is 0 Å². The Kier molecular flexibility index (Phi) is 5.30. The number of halogens is 1. The van der Waals surface area contributed by atoms with E-state index in [-0.39, 0.29) is 11.9 Å². The van der Waals surface area contributed by atoms with E-state index in [0.29, 0.717) is 5.92 Å². The lowest BCUT2D eigenvalue weighted by molar-refractivity contribution is -0.123. The van der Waals surface area contributed by atoms with Crippen molar-refractivity contribution in [3.05, 3.63) is 34.3 Å². The third-order valence-electron chi connectivity index (χ3n) is 3.52. The van der Waals surface area contributed by atoms with Gasteiger partial charge in [-0.05, 0) is 48.6 Å². The topological polar surface area (TPSA) is 46.3 Å². The summed E-state index contributed by atoms with van der Waals surface area (Å²) < 4.78 is 0.983. The van der Waals surface area contributed by atoms with Gasteiger partial charge in [-0.25, -0.2) is 0 Å². The Bertz CT molecular complexity index is 455. The van der Waals surface area contributed by atoms with E-state index in [0.717, 1.165) is 35.3 Å². The van der Waals surface area contributed by atoms with Crippen molar-refractivity contribution < 1.29 is 4.79 Å². The molecule has 1 saturated heterocycles. The molecule has 1 aromatic rings. The highest BCUT2D eigenvalue weighted by Crippen LogP contribution is 2.30. The predicted molar refractivity (Wildman–Crippen MR) is 84.1 cm³/mol. The maximum Gasteiger partial charge on any atom is 0.239 e. The van der Waals surface area contributed by atoms with E-state index in [1.165, 1.54) is 0 Å². The van der Waals surface area contributed by atoms with Crippen molar-refractivity contribution in [2.75, 3.05) is 25.1 Å². The van der Waals surface area contributed by atoms with Crippen molar-refractivity contribution in [1.29, 1.82) is 0 Å². The number of carbonyl (C=O) groups excluding carboxylic acids is 1. The molecule has 0 saturated carbocycles. The van der Waals surface area contributed by atoms with Crippen LogP contribution >= 0.6 is 27.7 Å². The van der Waals surface area contributed by atoms with Gasteiger partial charge in [-0.15, -0.1) is 0 Å². The number of hydrogen-bond acceptors (Lipinski definition) is 3. The number of nitrogens with zero attached hydrogens (tertiary/aromatic N) is 1. The number of amides is 1. The van der Waals surface area contributed by atoms with Crippen LogP contribution in [0.2, 0.25) is 0 Å². The molecule has 0 radical (unpaired) electrons. The van der Waals surface area contributed by atoms with Crippen LogP contribution < -0.4 is 5.73 Å². The molecule has 104 valence electrons. The first kappa shape index (κ1) is 14.9. The number of primary amides is 1. The van der Waals surface area contributed by atoms with E-state index in [1.807, 2.05) is 36.0 Å². The average molecular weight is 343 g/mol. The van der Waals surface area contributed by atoms with Crippen LogP contribution in [0.25, 0.3) is 0 Å². The first-order valence-electron chi connectivity index (χ1n) is 6.39. The summed E-state index contributed by atoms with van der Waals surface area (Å²) >= 11 is 5.32. The van der Waals surface area contributed by atoms with Crippen LogP contribution in [0.1, 0.15) is 18.0 Å². The molecule has 1 aliphatic rings. The second kappa shape index (κ2) is 6.77. The molecule has 1 amide bonds. The fourth-order valence-corrected chi connectivity index (χ4v) is 3.86. The summed E-state index contributed by atoms with van der Waals surface area (Å²) in [6, 6.07) is 7.57. The molecule has 19 heavy (non-hydrogen) atoms. The maximum absolute atomic E-state index is 11.8. The van der Waals surface area contributed by atoms with Gasteiger partial charge in [0.2, 0.25) is 5.91 Å². The Morgan fingerprint density at radius 2 is 2.42 bits per heavy atom. The normalized spacial score (nSPS) is 21.5. The SMILES string of the molecule is CSC[C@H]1CCN([C@H](C(N)=O)c2cccc(Br)c2)C1. The third-order valence-corrected chi connectivity index (χ3v) is 4.82. The van der Waals surface area contributed by atoms with E-state index in [2.05, 4.69) is 27.1 Å². The van der Waals surface area contributed by atoms with Gasteiger partial charge in [0.1, 0.15) is 6.04 Å². The van der Waals surface area contributed by atoms with Gasteiger partial charge >= 0.3 is 0 Å². The number of benzene rings is 1. The van der Waals surface area contributed by atoms with Gasteiger partial charge in [0.15, 0.2) is 0 Å². The highest BCUT2D eigenvalue weighted by atomic mass is 79.9. The molecule has 1 aromatic carbocycles. The van der Waals surface area contributed by atoms with Gasteiger partial charge in [0.05, 0.1) is 0 Å². The van der Waals surface area contributed by atoms with Crippen LogP contribution in [0, 0.1) is 5.92 Å². The summed E-state index contributed by atoms with van der Waals surface area (Å²) in [5, 5.41) is 0. The monoisotopic (exact) mass is 342 g/mol. The van der Waals surface area contributed by atoms with Gasteiger partial charge in [-0.3, -0.25) is 9.69 Å². The van der Waals surface area contributed by atoms with Crippen molar-refractivity contribution >= 4 is 33.6 Å². The summed E-state index contributed by atoms with van der Waals surface area (Å²) in [5.41, 5.74) is 6.60. The minimum absolute atomic E-state index is 0.261. The Hall–Kier alpha value is -0.520. The zero-order valence-electron chi connectivity index (χ0n) is 11.0. The summed E-state index contributed by atoms with van der Waals surface area (Å²) in [6.07, 6.45) is 3.28. The first-order chi connectivity index (χ1) is 9.11. The number of rotatable bonds is 5. The van der Waals surface area contributed by atoms with E-state index in [9.17, 15) is 4.79 Å². The zero-order valence-corrected chi connectivity index (χ0v) is 13.4. The van der Waals surface area contributed by atoms with E-state index in [4.69, 9.17) is 5.73 Å². The van der Waals surface area contributed by atoms with Gasteiger partial charge in [0.25, 0.3) is 0 Å². The molecule has 1 fully saturated rings. The molecule has 5 heteroatoms. The van der Waals surface area contributed by atoms with Crippen molar-refractivity contribution in [1.82, 2.24) is 4.90 Å². The van der Waals surface area contributed by atoms with Gasteiger partial charge < -0.3 is 5.73 Å². The Labute approximate surface area is 127 Å². The number of thioether (sulfide) groups is 1. The van der Waals surface area contributed by atoms with Crippen molar-refractivity contribution in [3.63, 3.8) is 0 Å². The quantitative estimate of drug-likeness (QED) is 0.894. The van der Waals surface area contributed by atoms with Gasteiger partial charge in [-0.2, -0.15) is 11.8 Å². The molecule has 0 aliphatic carbocycles. The largest absolute Gasteiger partial charge is 0.368 e. The first-order valence-corrected chi connectivity index (χ1v) is 8.58. The lowest BCUT2D eigenvalue weighted by Gasteiger charge is -2.25. The lowest BCUT2D eigenvalue weighted by Crippen LogP contribution is -2.36. The minimum atomic E-state index is -0.302. The van der Waals surface area contributed by atoms with Crippen LogP contribution in [0.3, 0.4) is 0 Å². The number of hydrogen-bond donors (Lipinski definition) is 1. The molecule has 1 aliphatic heterocycles. The summed E-state index contributed by atoms with van der Waals surface area (Å²) in [5.74, 6) is 1.56. The molecule has 0 bridgehead atoms. The average Bonchev–Trinajstić information content (AvgIpc) is 2.78. The molecule has 2 rings (SSSR count). The minimum Gasteiger partial charge on any atom is -0.368 e. The molecular weight excluding hydrogens is 324 g/mol.